The highest BCUT2D eigenvalue weighted by molar-refractivity contribution is 5.93. The quantitative estimate of drug-likeness (QED) is 0.886. The number of ether oxygens (including phenoxy) is 2. The first-order valence-corrected chi connectivity index (χ1v) is 6.42. The van der Waals surface area contributed by atoms with Gasteiger partial charge in [0.2, 0.25) is 0 Å². The lowest BCUT2D eigenvalue weighted by Crippen LogP contribution is -2.33. The molecule has 2 aliphatic heterocycles. The average Bonchev–Trinajstić information content (AvgIpc) is 2.83. The molecule has 2 amide bonds. The van der Waals surface area contributed by atoms with Gasteiger partial charge in [0, 0.05) is 19.2 Å². The molecule has 0 spiro atoms. The number of fused-ring (bicyclic) bond motifs is 1. The van der Waals surface area contributed by atoms with Crippen molar-refractivity contribution in [3.05, 3.63) is 23.5 Å². The van der Waals surface area contributed by atoms with Crippen LogP contribution in [0.3, 0.4) is 0 Å². The number of benzene rings is 1. The highest BCUT2D eigenvalue weighted by Gasteiger charge is 2.34. The van der Waals surface area contributed by atoms with Gasteiger partial charge in [0.1, 0.15) is 18.5 Å². The van der Waals surface area contributed by atoms with Gasteiger partial charge >= 0.3 is 12.2 Å². The number of carbonyl (C=O) groups is 2. The fraction of sp³-hybridized carbons (Fsp3) is 0.385. The molecule has 0 aliphatic carbocycles. The summed E-state index contributed by atoms with van der Waals surface area (Å²) in [5.74, 6) is -0.592. The number of rotatable bonds is 2. The van der Waals surface area contributed by atoms with E-state index in [4.69, 9.17) is 15.2 Å². The van der Waals surface area contributed by atoms with Crippen molar-refractivity contribution < 1.29 is 23.5 Å². The molecule has 2 N–H and O–H groups in total. The number of carbonyl (C=O) groups excluding carboxylic acids is 2. The van der Waals surface area contributed by atoms with E-state index in [1.165, 1.54) is 18.0 Å². The van der Waals surface area contributed by atoms with Gasteiger partial charge in [0.15, 0.2) is 0 Å². The predicted octanol–water partition coefficient (Wildman–Crippen LogP) is 1.20. The highest BCUT2D eigenvalue weighted by Crippen LogP contribution is 2.34. The van der Waals surface area contributed by atoms with Crippen molar-refractivity contribution in [2.75, 3.05) is 29.9 Å². The molecule has 7 nitrogen and oxygen atoms in total. The third kappa shape index (κ3) is 2.17. The molecule has 1 aromatic rings. The lowest BCUT2D eigenvalue weighted by atomic mass is 10.1. The summed E-state index contributed by atoms with van der Waals surface area (Å²) in [5.41, 5.74) is 6.49. The van der Waals surface area contributed by atoms with Gasteiger partial charge in [-0.25, -0.2) is 14.0 Å². The second kappa shape index (κ2) is 4.88. The average molecular weight is 295 g/mol. The molecule has 1 aromatic carbocycles. The van der Waals surface area contributed by atoms with Gasteiger partial charge in [-0.05, 0) is 12.1 Å². The van der Waals surface area contributed by atoms with E-state index in [9.17, 15) is 14.0 Å². The number of anilines is 2. The molecule has 8 heteroatoms. The Morgan fingerprint density at radius 3 is 2.81 bits per heavy atom. The van der Waals surface area contributed by atoms with Gasteiger partial charge in [-0.15, -0.1) is 0 Å². The molecule has 0 aromatic heterocycles. The van der Waals surface area contributed by atoms with Crippen molar-refractivity contribution in [3.8, 4) is 0 Å². The molecule has 1 atom stereocenters. The van der Waals surface area contributed by atoms with Crippen LogP contribution in [-0.4, -0.2) is 38.4 Å². The van der Waals surface area contributed by atoms with Crippen LogP contribution in [0.4, 0.5) is 25.4 Å². The molecule has 2 aliphatic rings. The van der Waals surface area contributed by atoms with E-state index in [1.807, 2.05) is 0 Å². The Morgan fingerprint density at radius 2 is 2.14 bits per heavy atom. The minimum absolute atomic E-state index is 0.0352. The van der Waals surface area contributed by atoms with Crippen LogP contribution in [0.25, 0.3) is 0 Å². The second-order valence-corrected chi connectivity index (χ2v) is 4.90. The minimum Gasteiger partial charge on any atom is -0.444 e. The lowest BCUT2D eigenvalue weighted by Gasteiger charge is -2.27. The Bertz CT molecular complexity index is 622. The summed E-state index contributed by atoms with van der Waals surface area (Å²) < 4.78 is 24.2. The predicted molar refractivity (Wildman–Crippen MR) is 71.7 cm³/mol. The van der Waals surface area contributed by atoms with Crippen molar-refractivity contribution in [2.45, 2.75) is 12.7 Å². The van der Waals surface area contributed by atoms with E-state index < -0.39 is 24.1 Å². The zero-order valence-corrected chi connectivity index (χ0v) is 11.3. The molecule has 21 heavy (non-hydrogen) atoms. The number of hydrogen-bond donors (Lipinski definition) is 1. The number of cyclic esters (lactones) is 2. The summed E-state index contributed by atoms with van der Waals surface area (Å²) in [6, 6.07) is 2.82. The molecule has 1 saturated heterocycles. The van der Waals surface area contributed by atoms with E-state index >= 15 is 0 Å². The SMILES string of the molecule is CN1C(=O)OCc2cc(N3CC(CN)OC3=O)cc(F)c21. The molecule has 112 valence electrons. The van der Waals surface area contributed by atoms with E-state index in [2.05, 4.69) is 0 Å². The highest BCUT2D eigenvalue weighted by atomic mass is 19.1. The van der Waals surface area contributed by atoms with Gasteiger partial charge in [-0.1, -0.05) is 0 Å². The summed E-state index contributed by atoms with van der Waals surface area (Å²) >= 11 is 0. The van der Waals surface area contributed by atoms with Crippen LogP contribution in [0.1, 0.15) is 5.56 Å². The van der Waals surface area contributed by atoms with E-state index in [0.29, 0.717) is 11.3 Å². The molecule has 0 saturated carbocycles. The molecular weight excluding hydrogens is 281 g/mol. The largest absolute Gasteiger partial charge is 0.444 e. The Labute approximate surface area is 120 Å². The maximum Gasteiger partial charge on any atom is 0.414 e. The molecule has 2 heterocycles. The summed E-state index contributed by atoms with van der Waals surface area (Å²) in [4.78, 5) is 25.6. The van der Waals surface area contributed by atoms with Gasteiger partial charge in [-0.3, -0.25) is 9.80 Å². The maximum absolute atomic E-state index is 14.3. The second-order valence-electron chi connectivity index (χ2n) is 4.90. The fourth-order valence-electron chi connectivity index (χ4n) is 2.46. The zero-order valence-electron chi connectivity index (χ0n) is 11.3. The smallest absolute Gasteiger partial charge is 0.414 e. The summed E-state index contributed by atoms with van der Waals surface area (Å²) in [7, 11) is 1.43. The van der Waals surface area contributed by atoms with Crippen LogP contribution in [-0.2, 0) is 16.1 Å². The number of nitrogens with two attached hydrogens (primary N) is 1. The molecule has 0 bridgehead atoms. The lowest BCUT2D eigenvalue weighted by molar-refractivity contribution is 0.142. The number of hydrogen-bond acceptors (Lipinski definition) is 5. The van der Waals surface area contributed by atoms with E-state index in [1.54, 1.807) is 6.07 Å². The van der Waals surface area contributed by atoms with Crippen LogP contribution in [0.15, 0.2) is 12.1 Å². The van der Waals surface area contributed by atoms with Crippen LogP contribution < -0.4 is 15.5 Å². The third-order valence-electron chi connectivity index (χ3n) is 3.54. The normalized spacial score (nSPS) is 21.2. The Balaban J connectivity index is 1.98. The fourth-order valence-corrected chi connectivity index (χ4v) is 2.46. The van der Waals surface area contributed by atoms with Crippen molar-refractivity contribution in [1.82, 2.24) is 0 Å². The topological polar surface area (TPSA) is 85.1 Å². The first-order chi connectivity index (χ1) is 10.0. The number of nitrogens with zero attached hydrogens (tertiary/aromatic N) is 2. The molecule has 3 rings (SSSR count). The Hall–Kier alpha value is -2.35. The van der Waals surface area contributed by atoms with Gasteiger partial charge < -0.3 is 15.2 Å². The van der Waals surface area contributed by atoms with Crippen molar-refractivity contribution in [3.63, 3.8) is 0 Å². The first-order valence-electron chi connectivity index (χ1n) is 6.42. The number of halogens is 1. The van der Waals surface area contributed by atoms with E-state index in [-0.39, 0.29) is 25.4 Å². The van der Waals surface area contributed by atoms with Crippen molar-refractivity contribution in [1.29, 1.82) is 0 Å². The Kier molecular flexibility index (Phi) is 3.17. The number of amides is 2. The zero-order chi connectivity index (χ0) is 15.1. The molecule has 0 radical (unpaired) electrons. The Morgan fingerprint density at radius 1 is 1.38 bits per heavy atom. The summed E-state index contributed by atoms with van der Waals surface area (Å²) in [5, 5.41) is 0. The minimum atomic E-state index is -0.613. The van der Waals surface area contributed by atoms with E-state index in [0.717, 1.165) is 4.90 Å². The van der Waals surface area contributed by atoms with Gasteiger partial charge in [0.25, 0.3) is 0 Å². The van der Waals surface area contributed by atoms with Crippen LogP contribution in [0.2, 0.25) is 0 Å². The molecular formula is C13H14FN3O4. The van der Waals surface area contributed by atoms with Crippen LogP contribution in [0.5, 0.6) is 0 Å². The monoisotopic (exact) mass is 295 g/mol. The molecule has 1 unspecified atom stereocenters. The first kappa shape index (κ1) is 13.6. The molecule has 1 fully saturated rings. The van der Waals surface area contributed by atoms with Crippen LogP contribution >= 0.6 is 0 Å². The van der Waals surface area contributed by atoms with Gasteiger partial charge in [-0.2, -0.15) is 0 Å². The summed E-state index contributed by atoms with van der Waals surface area (Å²) in [6.07, 6.45) is -1.58. The maximum atomic E-state index is 14.3. The standard InChI is InChI=1S/C13H14FN3O4/c1-16-11-7(6-20-12(16)18)2-8(3-10(11)14)17-5-9(4-15)21-13(17)19/h2-3,9H,4-6,15H2,1H3. The van der Waals surface area contributed by atoms with Crippen molar-refractivity contribution >= 4 is 23.6 Å². The van der Waals surface area contributed by atoms with Gasteiger partial charge in [0.05, 0.1) is 17.9 Å². The van der Waals surface area contributed by atoms with Crippen molar-refractivity contribution in [2.24, 2.45) is 5.73 Å². The summed E-state index contributed by atoms with van der Waals surface area (Å²) in [6.45, 7) is 0.436. The third-order valence-corrected chi connectivity index (χ3v) is 3.54. The van der Waals surface area contributed by atoms with Crippen LogP contribution in [0, 0.1) is 5.82 Å².